The summed E-state index contributed by atoms with van der Waals surface area (Å²) in [5.74, 6) is 0. The van der Waals surface area contributed by atoms with Gasteiger partial charge in [0.15, 0.2) is 0 Å². The number of rotatable bonds is 1. The summed E-state index contributed by atoms with van der Waals surface area (Å²) in [4.78, 5) is 12.3. The molecule has 0 spiro atoms. The molecule has 0 aliphatic carbocycles. The molecule has 0 heterocycles. The van der Waals surface area contributed by atoms with Crippen molar-refractivity contribution >= 4 is 17.0 Å². The summed E-state index contributed by atoms with van der Waals surface area (Å²) in [7, 11) is 0. The predicted octanol–water partition coefficient (Wildman–Crippen LogP) is 1.39. The molecule has 7 heteroatoms. The summed E-state index contributed by atoms with van der Waals surface area (Å²) >= 11 is 4.41. The van der Waals surface area contributed by atoms with Crippen LogP contribution in [0.5, 0.6) is 0 Å². The first kappa shape index (κ1) is 8.51. The van der Waals surface area contributed by atoms with Gasteiger partial charge in [-0.2, -0.15) is 4.84 Å². The minimum absolute atomic E-state index is 0.887. The molecule has 0 saturated carbocycles. The number of amides is 1. The van der Waals surface area contributed by atoms with E-state index in [0.29, 0.717) is 0 Å². The van der Waals surface area contributed by atoms with Gasteiger partial charge in [0.1, 0.15) is 0 Å². The fourth-order valence-electron chi connectivity index (χ4n) is 0.0980. The Balaban J connectivity index is 3.39. The Bertz CT molecular complexity index is 113. The first-order chi connectivity index (χ1) is 3.92. The van der Waals surface area contributed by atoms with Crippen LogP contribution >= 0.6 is 11.6 Å². The summed E-state index contributed by atoms with van der Waals surface area (Å²) < 4.78 is 32.8. The molecule has 0 unspecified atom stereocenters. The minimum atomic E-state index is -4.88. The average molecular weight is 163 g/mol. The third-order valence-corrected chi connectivity index (χ3v) is 0.324. The molecule has 0 aromatic carbocycles. The van der Waals surface area contributed by atoms with Crippen molar-refractivity contribution in [2.45, 2.75) is 6.36 Å². The second kappa shape index (κ2) is 2.88. The highest BCUT2D eigenvalue weighted by atomic mass is 35.5. The lowest BCUT2D eigenvalue weighted by atomic mass is 11.3. The van der Waals surface area contributed by atoms with Gasteiger partial charge in [-0.15, -0.1) is 13.2 Å². The maximum absolute atomic E-state index is 10.9. The van der Waals surface area contributed by atoms with Crippen LogP contribution < -0.4 is 5.48 Å². The van der Waals surface area contributed by atoms with E-state index in [1.807, 2.05) is 0 Å². The summed E-state index contributed by atoms with van der Waals surface area (Å²) in [5, 5.41) is -1.42. The fraction of sp³-hybridized carbons (Fsp3) is 0.500. The molecular formula is C2HClF3NO2. The normalized spacial score (nSPS) is 11.1. The maximum Gasteiger partial charge on any atom is 0.543 e. The second-order valence-corrected chi connectivity index (χ2v) is 1.27. The van der Waals surface area contributed by atoms with Crippen LogP contribution in [0, 0.1) is 0 Å². The quantitative estimate of drug-likeness (QED) is 0.360. The van der Waals surface area contributed by atoms with Crippen LogP contribution in [0.15, 0.2) is 0 Å². The number of hydrogen-bond acceptors (Lipinski definition) is 2. The van der Waals surface area contributed by atoms with Crippen LogP contribution in [-0.2, 0) is 4.84 Å². The largest absolute Gasteiger partial charge is 0.543 e. The van der Waals surface area contributed by atoms with E-state index < -0.39 is 11.7 Å². The molecule has 0 radical (unpaired) electrons. The van der Waals surface area contributed by atoms with Crippen molar-refractivity contribution in [1.82, 2.24) is 5.48 Å². The first-order valence-electron chi connectivity index (χ1n) is 1.62. The van der Waals surface area contributed by atoms with Crippen LogP contribution in [0.4, 0.5) is 18.0 Å². The van der Waals surface area contributed by atoms with Crippen molar-refractivity contribution in [2.75, 3.05) is 0 Å². The zero-order valence-electron chi connectivity index (χ0n) is 3.83. The molecule has 9 heavy (non-hydrogen) atoms. The Morgan fingerprint density at radius 2 is 2.00 bits per heavy atom. The van der Waals surface area contributed by atoms with Gasteiger partial charge in [0, 0.05) is 0 Å². The fourth-order valence-corrected chi connectivity index (χ4v) is 0.137. The summed E-state index contributed by atoms with van der Waals surface area (Å²) in [6.07, 6.45) is -4.88. The van der Waals surface area contributed by atoms with Gasteiger partial charge in [0.2, 0.25) is 0 Å². The number of alkyl halides is 3. The molecule has 0 rings (SSSR count). The topological polar surface area (TPSA) is 38.3 Å². The summed E-state index contributed by atoms with van der Waals surface area (Å²) in [6, 6.07) is 0. The number of halogens is 4. The highest BCUT2D eigenvalue weighted by Gasteiger charge is 2.30. The highest BCUT2D eigenvalue weighted by molar-refractivity contribution is 6.62. The van der Waals surface area contributed by atoms with Gasteiger partial charge in [0.25, 0.3) is 0 Å². The Hall–Kier alpha value is -0.490. The van der Waals surface area contributed by atoms with E-state index in [4.69, 9.17) is 0 Å². The smallest absolute Gasteiger partial charge is 0.253 e. The molecule has 0 atom stereocenters. The molecule has 0 fully saturated rings. The standard InChI is InChI=1S/C2HClF3NO2/c3-1(8)7-9-2(4,5)6/h(H,7,8). The number of hydroxylamine groups is 1. The Labute approximate surface area is 52.7 Å². The van der Waals surface area contributed by atoms with Gasteiger partial charge in [-0.25, -0.2) is 5.48 Å². The molecule has 54 valence electrons. The molecule has 0 bridgehead atoms. The summed E-state index contributed by atoms with van der Waals surface area (Å²) in [5.41, 5.74) is 0.887. The highest BCUT2D eigenvalue weighted by Crippen LogP contribution is 2.13. The van der Waals surface area contributed by atoms with E-state index in [2.05, 4.69) is 16.4 Å². The van der Waals surface area contributed by atoms with E-state index in [1.54, 1.807) is 0 Å². The zero-order valence-corrected chi connectivity index (χ0v) is 4.58. The third kappa shape index (κ3) is 7.51. The van der Waals surface area contributed by atoms with Crippen LogP contribution in [0.25, 0.3) is 0 Å². The van der Waals surface area contributed by atoms with Gasteiger partial charge in [-0.05, 0) is 11.6 Å². The molecule has 0 aromatic rings. The molecule has 1 N–H and O–H groups in total. The third-order valence-electron chi connectivity index (χ3n) is 0.247. The van der Waals surface area contributed by atoms with Crippen molar-refractivity contribution in [3.8, 4) is 0 Å². The molecule has 3 nitrogen and oxygen atoms in total. The lowest BCUT2D eigenvalue weighted by Gasteiger charge is -2.03. The van der Waals surface area contributed by atoms with Crippen LogP contribution in [-0.4, -0.2) is 11.7 Å². The minimum Gasteiger partial charge on any atom is -0.253 e. The predicted molar refractivity (Wildman–Crippen MR) is 21.5 cm³/mol. The average Bonchev–Trinajstić information content (AvgIpc) is 1.59. The van der Waals surface area contributed by atoms with E-state index in [9.17, 15) is 18.0 Å². The lowest BCUT2D eigenvalue weighted by molar-refractivity contribution is -0.342. The first-order valence-corrected chi connectivity index (χ1v) is 2.00. The molecule has 0 aliphatic rings. The number of carbonyl (C=O) groups excluding carboxylic acids is 1. The Kier molecular flexibility index (Phi) is 2.72. The van der Waals surface area contributed by atoms with E-state index >= 15 is 0 Å². The molecule has 0 saturated heterocycles. The van der Waals surface area contributed by atoms with E-state index in [0.717, 1.165) is 5.48 Å². The van der Waals surface area contributed by atoms with Gasteiger partial charge < -0.3 is 0 Å². The van der Waals surface area contributed by atoms with Crippen molar-refractivity contribution in [1.29, 1.82) is 0 Å². The zero-order chi connectivity index (χ0) is 7.49. The van der Waals surface area contributed by atoms with Crippen LogP contribution in [0.2, 0.25) is 0 Å². The van der Waals surface area contributed by atoms with E-state index in [1.165, 1.54) is 0 Å². The maximum atomic E-state index is 10.9. The lowest BCUT2D eigenvalue weighted by Crippen LogP contribution is -2.27. The van der Waals surface area contributed by atoms with Gasteiger partial charge in [0.05, 0.1) is 0 Å². The van der Waals surface area contributed by atoms with Gasteiger partial charge >= 0.3 is 11.7 Å². The Morgan fingerprint density at radius 1 is 1.56 bits per heavy atom. The molecule has 1 amide bonds. The molecule has 0 aliphatic heterocycles. The number of hydrogen-bond donors (Lipinski definition) is 1. The Morgan fingerprint density at radius 3 is 2.11 bits per heavy atom. The van der Waals surface area contributed by atoms with Crippen molar-refractivity contribution in [3.63, 3.8) is 0 Å². The number of carbonyl (C=O) groups is 1. The van der Waals surface area contributed by atoms with Crippen molar-refractivity contribution in [2.24, 2.45) is 0 Å². The van der Waals surface area contributed by atoms with Gasteiger partial charge in [-0.1, -0.05) is 0 Å². The SMILES string of the molecule is O=C(Cl)NOC(F)(F)F. The number of nitrogens with one attached hydrogen (secondary N) is 1. The molecule has 0 aromatic heterocycles. The van der Waals surface area contributed by atoms with Crippen molar-refractivity contribution < 1.29 is 22.8 Å². The molecular weight excluding hydrogens is 162 g/mol. The van der Waals surface area contributed by atoms with Crippen LogP contribution in [0.3, 0.4) is 0 Å². The second-order valence-electron chi connectivity index (χ2n) is 0.924. The van der Waals surface area contributed by atoms with Gasteiger partial charge in [-0.3, -0.25) is 4.79 Å². The summed E-state index contributed by atoms with van der Waals surface area (Å²) in [6.45, 7) is 0. The monoisotopic (exact) mass is 163 g/mol. The van der Waals surface area contributed by atoms with Crippen LogP contribution in [0.1, 0.15) is 0 Å². The van der Waals surface area contributed by atoms with E-state index in [-0.39, 0.29) is 0 Å². The van der Waals surface area contributed by atoms with Crippen molar-refractivity contribution in [3.05, 3.63) is 0 Å².